The summed E-state index contributed by atoms with van der Waals surface area (Å²) in [4.78, 5) is 0. The van der Waals surface area contributed by atoms with Crippen LogP contribution in [0.5, 0.6) is 0 Å². The van der Waals surface area contributed by atoms with E-state index in [9.17, 15) is 0 Å². The summed E-state index contributed by atoms with van der Waals surface area (Å²) in [6.07, 6.45) is 0. The van der Waals surface area contributed by atoms with Gasteiger partial charge in [0, 0.05) is 5.41 Å². The third-order valence-corrected chi connectivity index (χ3v) is 14.1. The van der Waals surface area contributed by atoms with E-state index in [0.29, 0.717) is 0 Å². The average Bonchev–Trinajstić information content (AvgIpc) is 3.80. The highest BCUT2D eigenvalue weighted by Crippen LogP contribution is 2.59. The molecular formula is C62H40. The standard InChI is InChI=1S/C62H40/c1-62(46-25-9-4-10-26-46)55-38-45(31-33-47(55)54-36-42-21-11-12-22-43(42)37-56(54)62)44-32-34-50(53(35-44)39-17-5-2-6-18-39)59-49-28-14-13-27-48(49)58(41-19-7-3-8-20-41)60-51-29-15-23-40-24-16-30-52(57(40)51)61(59)60/h2-38H,1H3. The van der Waals surface area contributed by atoms with Crippen LogP contribution in [0.2, 0.25) is 0 Å². The maximum absolute atomic E-state index is 2.48. The van der Waals surface area contributed by atoms with E-state index in [2.05, 4.69) is 231 Å². The van der Waals surface area contributed by atoms with Crippen LogP contribution >= 0.6 is 0 Å². The lowest BCUT2D eigenvalue weighted by atomic mass is 9.73. The van der Waals surface area contributed by atoms with Gasteiger partial charge in [-0.2, -0.15) is 0 Å². The fourth-order valence-electron chi connectivity index (χ4n) is 11.2. The third kappa shape index (κ3) is 4.95. The van der Waals surface area contributed by atoms with Gasteiger partial charge >= 0.3 is 0 Å². The molecule has 0 saturated heterocycles. The van der Waals surface area contributed by atoms with Crippen molar-refractivity contribution in [2.24, 2.45) is 0 Å². The van der Waals surface area contributed by atoms with Gasteiger partial charge in [0.1, 0.15) is 0 Å². The third-order valence-electron chi connectivity index (χ3n) is 14.1. The lowest BCUT2D eigenvalue weighted by molar-refractivity contribution is 0.715. The van der Waals surface area contributed by atoms with Gasteiger partial charge in [0.05, 0.1) is 0 Å². The highest BCUT2D eigenvalue weighted by molar-refractivity contribution is 6.28. The molecule has 0 heterocycles. The van der Waals surface area contributed by atoms with Crippen molar-refractivity contribution in [3.63, 3.8) is 0 Å². The Morgan fingerprint density at radius 3 is 1.48 bits per heavy atom. The summed E-state index contributed by atoms with van der Waals surface area (Å²) >= 11 is 0. The van der Waals surface area contributed by atoms with E-state index >= 15 is 0 Å². The molecule has 2 aliphatic rings. The average molecular weight is 785 g/mol. The lowest BCUT2D eigenvalue weighted by Crippen LogP contribution is -2.22. The van der Waals surface area contributed by atoms with Gasteiger partial charge in [-0.3, -0.25) is 0 Å². The molecule has 13 rings (SSSR count). The van der Waals surface area contributed by atoms with Crippen LogP contribution in [0.3, 0.4) is 0 Å². The molecule has 11 aromatic carbocycles. The molecule has 0 fully saturated rings. The largest absolute Gasteiger partial charge is 0.0622 e. The van der Waals surface area contributed by atoms with Crippen molar-refractivity contribution in [1.29, 1.82) is 0 Å². The van der Waals surface area contributed by atoms with Crippen LogP contribution in [0.25, 0.3) is 110 Å². The number of hydrogen-bond acceptors (Lipinski definition) is 0. The van der Waals surface area contributed by atoms with Crippen LogP contribution in [-0.4, -0.2) is 0 Å². The predicted molar refractivity (Wildman–Crippen MR) is 263 cm³/mol. The Kier molecular flexibility index (Phi) is 7.54. The van der Waals surface area contributed by atoms with Gasteiger partial charge < -0.3 is 0 Å². The molecule has 1 atom stereocenters. The Bertz CT molecular complexity index is 3610. The first-order valence-corrected chi connectivity index (χ1v) is 21.8. The second-order valence-electron chi connectivity index (χ2n) is 17.2. The molecule has 62 heavy (non-hydrogen) atoms. The van der Waals surface area contributed by atoms with Crippen molar-refractivity contribution in [3.05, 3.63) is 241 Å². The number of hydrogen-bond donors (Lipinski definition) is 0. The maximum Gasteiger partial charge on any atom is 0.0435 e. The molecule has 0 heteroatoms. The second kappa shape index (κ2) is 13.4. The molecule has 0 aliphatic heterocycles. The Balaban J connectivity index is 1.08. The molecule has 11 aromatic rings. The van der Waals surface area contributed by atoms with Crippen molar-refractivity contribution in [3.8, 4) is 77.9 Å². The van der Waals surface area contributed by atoms with Gasteiger partial charge in [-0.25, -0.2) is 0 Å². The monoisotopic (exact) mass is 784 g/mol. The summed E-state index contributed by atoms with van der Waals surface area (Å²) in [5.74, 6) is 0. The van der Waals surface area contributed by atoms with E-state index in [1.165, 1.54) is 127 Å². The summed E-state index contributed by atoms with van der Waals surface area (Å²) in [5.41, 5.74) is 21.5. The fraction of sp³-hybridized carbons (Fsp3) is 0.0323. The maximum atomic E-state index is 2.48. The number of fused-ring (bicyclic) bond motifs is 8. The number of rotatable bonds is 5. The van der Waals surface area contributed by atoms with Crippen molar-refractivity contribution >= 4 is 32.3 Å². The predicted octanol–water partition coefficient (Wildman–Crippen LogP) is 16.8. The molecule has 2 aliphatic carbocycles. The fourth-order valence-corrected chi connectivity index (χ4v) is 11.2. The molecule has 0 nitrogen and oxygen atoms in total. The lowest BCUT2D eigenvalue weighted by Gasteiger charge is -2.29. The van der Waals surface area contributed by atoms with Crippen molar-refractivity contribution < 1.29 is 0 Å². The van der Waals surface area contributed by atoms with Crippen LogP contribution in [0.1, 0.15) is 23.6 Å². The SMILES string of the molecule is CC1(c2ccccc2)c2cc(-c3ccc(-c4c5c(c(-c6ccccc6)c6ccccc46)-c4cccc6cccc-5c46)c(-c4ccccc4)c3)ccc2-c2cc3ccccc3cc21. The Labute approximate surface area is 362 Å². The minimum absolute atomic E-state index is 0.315. The zero-order chi connectivity index (χ0) is 40.9. The Morgan fingerprint density at radius 2 is 0.790 bits per heavy atom. The molecule has 1 unspecified atom stereocenters. The Morgan fingerprint density at radius 1 is 0.274 bits per heavy atom. The summed E-state index contributed by atoms with van der Waals surface area (Å²) in [5, 5.41) is 7.70. The molecule has 0 amide bonds. The molecule has 288 valence electrons. The highest BCUT2D eigenvalue weighted by atomic mass is 14.4. The molecule has 0 saturated carbocycles. The molecule has 0 bridgehead atoms. The first-order valence-electron chi connectivity index (χ1n) is 21.8. The van der Waals surface area contributed by atoms with Gasteiger partial charge in [0.25, 0.3) is 0 Å². The normalized spacial score (nSPS) is 14.6. The molecule has 0 aromatic heterocycles. The van der Waals surface area contributed by atoms with Gasteiger partial charge in [-0.15, -0.1) is 0 Å². The number of benzene rings is 11. The van der Waals surface area contributed by atoms with E-state index in [1.54, 1.807) is 0 Å². The molecule has 0 N–H and O–H groups in total. The van der Waals surface area contributed by atoms with Crippen LogP contribution < -0.4 is 0 Å². The van der Waals surface area contributed by atoms with Gasteiger partial charge in [-0.1, -0.05) is 200 Å². The van der Waals surface area contributed by atoms with Gasteiger partial charge in [-0.05, 0) is 158 Å². The summed E-state index contributed by atoms with van der Waals surface area (Å²) in [7, 11) is 0. The van der Waals surface area contributed by atoms with E-state index < -0.39 is 0 Å². The molecule has 0 radical (unpaired) electrons. The quantitative estimate of drug-likeness (QED) is 0.163. The first-order chi connectivity index (χ1) is 30.6. The molecule has 0 spiro atoms. The van der Waals surface area contributed by atoms with Crippen LogP contribution in [0.4, 0.5) is 0 Å². The minimum Gasteiger partial charge on any atom is -0.0622 e. The van der Waals surface area contributed by atoms with Crippen LogP contribution in [0, 0.1) is 0 Å². The van der Waals surface area contributed by atoms with E-state index in [-0.39, 0.29) is 5.41 Å². The van der Waals surface area contributed by atoms with Gasteiger partial charge in [0.2, 0.25) is 0 Å². The van der Waals surface area contributed by atoms with Crippen LogP contribution in [-0.2, 0) is 5.41 Å². The van der Waals surface area contributed by atoms with Crippen molar-refractivity contribution in [1.82, 2.24) is 0 Å². The van der Waals surface area contributed by atoms with Crippen molar-refractivity contribution in [2.45, 2.75) is 12.3 Å². The topological polar surface area (TPSA) is 0 Å². The summed E-state index contributed by atoms with van der Waals surface area (Å²) in [6.45, 7) is 2.42. The minimum atomic E-state index is -0.315. The second-order valence-corrected chi connectivity index (χ2v) is 17.2. The highest BCUT2D eigenvalue weighted by Gasteiger charge is 2.41. The van der Waals surface area contributed by atoms with E-state index in [4.69, 9.17) is 0 Å². The first kappa shape index (κ1) is 35.0. The summed E-state index contributed by atoms with van der Waals surface area (Å²) in [6, 6.07) is 83.9. The Hall–Kier alpha value is -7.80. The zero-order valence-electron chi connectivity index (χ0n) is 34.4. The summed E-state index contributed by atoms with van der Waals surface area (Å²) < 4.78 is 0. The van der Waals surface area contributed by atoms with Crippen molar-refractivity contribution in [2.75, 3.05) is 0 Å². The van der Waals surface area contributed by atoms with E-state index in [1.807, 2.05) is 0 Å². The molecular weight excluding hydrogens is 745 g/mol. The zero-order valence-corrected chi connectivity index (χ0v) is 34.4. The van der Waals surface area contributed by atoms with Gasteiger partial charge in [0.15, 0.2) is 0 Å². The smallest absolute Gasteiger partial charge is 0.0435 e. The van der Waals surface area contributed by atoms with Crippen LogP contribution in [0.15, 0.2) is 224 Å². The van der Waals surface area contributed by atoms with E-state index in [0.717, 1.165) is 0 Å².